The van der Waals surface area contributed by atoms with Gasteiger partial charge in [0.15, 0.2) is 5.78 Å². The van der Waals surface area contributed by atoms with Crippen molar-refractivity contribution in [2.45, 2.75) is 6.92 Å². The molecular formula is C12H9FO2. The summed E-state index contributed by atoms with van der Waals surface area (Å²) in [7, 11) is 0. The topological polar surface area (TPSA) is 30.2 Å². The smallest absolute Gasteiger partial charge is 0.196 e. The third kappa shape index (κ3) is 1.81. The SMILES string of the molecule is Cc1cc(F)ccc1C(=O)c1ccoc1. The van der Waals surface area contributed by atoms with Crippen LogP contribution in [0, 0.1) is 12.7 Å². The third-order valence-corrected chi connectivity index (χ3v) is 2.22. The molecule has 2 aromatic rings. The van der Waals surface area contributed by atoms with E-state index in [1.54, 1.807) is 13.0 Å². The third-order valence-electron chi connectivity index (χ3n) is 2.22. The Balaban J connectivity index is 2.42. The monoisotopic (exact) mass is 204 g/mol. The zero-order chi connectivity index (χ0) is 10.8. The number of aryl methyl sites for hydroxylation is 1. The molecule has 0 saturated heterocycles. The fourth-order valence-electron chi connectivity index (χ4n) is 1.43. The molecule has 0 radical (unpaired) electrons. The summed E-state index contributed by atoms with van der Waals surface area (Å²) in [5, 5.41) is 0. The fourth-order valence-corrected chi connectivity index (χ4v) is 1.43. The first kappa shape index (κ1) is 9.65. The lowest BCUT2D eigenvalue weighted by atomic mass is 10.0. The van der Waals surface area contributed by atoms with Gasteiger partial charge in [0.1, 0.15) is 12.1 Å². The van der Waals surface area contributed by atoms with Crippen LogP contribution in [0.2, 0.25) is 0 Å². The van der Waals surface area contributed by atoms with Crippen LogP contribution < -0.4 is 0 Å². The molecule has 0 aliphatic heterocycles. The van der Waals surface area contributed by atoms with Gasteiger partial charge in [0, 0.05) is 5.56 Å². The number of carbonyl (C=O) groups excluding carboxylic acids is 1. The van der Waals surface area contributed by atoms with E-state index < -0.39 is 0 Å². The summed E-state index contributed by atoms with van der Waals surface area (Å²) in [6.45, 7) is 1.70. The zero-order valence-electron chi connectivity index (χ0n) is 8.16. The molecule has 0 atom stereocenters. The molecule has 0 aliphatic rings. The Morgan fingerprint density at radius 3 is 2.73 bits per heavy atom. The van der Waals surface area contributed by atoms with Gasteiger partial charge >= 0.3 is 0 Å². The molecular weight excluding hydrogens is 195 g/mol. The summed E-state index contributed by atoms with van der Waals surface area (Å²) in [4.78, 5) is 11.9. The van der Waals surface area contributed by atoms with Crippen LogP contribution in [0.4, 0.5) is 4.39 Å². The van der Waals surface area contributed by atoms with Crippen molar-refractivity contribution in [2.75, 3.05) is 0 Å². The lowest BCUT2D eigenvalue weighted by molar-refractivity contribution is 0.103. The molecule has 0 bridgehead atoms. The minimum absolute atomic E-state index is 0.152. The van der Waals surface area contributed by atoms with E-state index in [1.807, 2.05) is 0 Å². The van der Waals surface area contributed by atoms with E-state index >= 15 is 0 Å². The molecule has 1 heterocycles. The van der Waals surface area contributed by atoms with E-state index in [0.29, 0.717) is 16.7 Å². The fraction of sp³-hybridized carbons (Fsp3) is 0.0833. The maximum absolute atomic E-state index is 12.8. The lowest BCUT2D eigenvalue weighted by Gasteiger charge is -2.02. The summed E-state index contributed by atoms with van der Waals surface area (Å²) in [5.74, 6) is -0.488. The molecule has 0 amide bonds. The van der Waals surface area contributed by atoms with E-state index in [9.17, 15) is 9.18 Å². The summed E-state index contributed by atoms with van der Waals surface area (Å²) in [5.41, 5.74) is 1.60. The van der Waals surface area contributed by atoms with Crippen molar-refractivity contribution in [1.82, 2.24) is 0 Å². The van der Waals surface area contributed by atoms with Crippen LogP contribution in [0.5, 0.6) is 0 Å². The first-order valence-electron chi connectivity index (χ1n) is 4.51. The largest absolute Gasteiger partial charge is 0.472 e. The van der Waals surface area contributed by atoms with E-state index in [1.165, 1.54) is 30.7 Å². The summed E-state index contributed by atoms with van der Waals surface area (Å²) >= 11 is 0. The van der Waals surface area contributed by atoms with Crippen LogP contribution in [-0.2, 0) is 0 Å². The minimum Gasteiger partial charge on any atom is -0.472 e. The molecule has 2 rings (SSSR count). The van der Waals surface area contributed by atoms with Gasteiger partial charge in [-0.05, 0) is 36.8 Å². The Hall–Kier alpha value is -1.90. The molecule has 0 spiro atoms. The van der Waals surface area contributed by atoms with Crippen LogP contribution in [-0.4, -0.2) is 5.78 Å². The Morgan fingerprint density at radius 2 is 2.13 bits per heavy atom. The van der Waals surface area contributed by atoms with E-state index in [0.717, 1.165) is 0 Å². The Labute approximate surface area is 86.3 Å². The summed E-state index contributed by atoms with van der Waals surface area (Å²) in [6, 6.07) is 5.69. The van der Waals surface area contributed by atoms with Gasteiger partial charge < -0.3 is 4.42 Å². The Kier molecular flexibility index (Phi) is 2.37. The molecule has 0 fully saturated rings. The van der Waals surface area contributed by atoms with E-state index in [2.05, 4.69) is 0 Å². The van der Waals surface area contributed by atoms with Crippen LogP contribution in [0.25, 0.3) is 0 Å². The average molecular weight is 204 g/mol. The van der Waals surface area contributed by atoms with Crippen molar-refractivity contribution in [3.63, 3.8) is 0 Å². The number of halogens is 1. The number of hydrogen-bond acceptors (Lipinski definition) is 2. The maximum Gasteiger partial charge on any atom is 0.196 e. The van der Waals surface area contributed by atoms with E-state index in [4.69, 9.17) is 4.42 Å². The second-order valence-corrected chi connectivity index (χ2v) is 3.30. The van der Waals surface area contributed by atoms with Gasteiger partial charge in [-0.2, -0.15) is 0 Å². The van der Waals surface area contributed by atoms with Gasteiger partial charge in [0.05, 0.1) is 11.8 Å². The van der Waals surface area contributed by atoms with Gasteiger partial charge in [0.25, 0.3) is 0 Å². The summed E-state index contributed by atoms with van der Waals surface area (Å²) in [6.07, 6.45) is 2.82. The van der Waals surface area contributed by atoms with Crippen molar-refractivity contribution in [1.29, 1.82) is 0 Å². The molecule has 1 aromatic carbocycles. The molecule has 15 heavy (non-hydrogen) atoms. The van der Waals surface area contributed by atoms with Crippen LogP contribution in [0.3, 0.4) is 0 Å². The van der Waals surface area contributed by atoms with Crippen molar-refractivity contribution >= 4 is 5.78 Å². The second-order valence-electron chi connectivity index (χ2n) is 3.30. The Morgan fingerprint density at radius 1 is 1.33 bits per heavy atom. The Bertz CT molecular complexity index is 486. The molecule has 0 unspecified atom stereocenters. The number of hydrogen-bond donors (Lipinski definition) is 0. The normalized spacial score (nSPS) is 10.3. The molecule has 3 heteroatoms. The van der Waals surface area contributed by atoms with Crippen LogP contribution in [0.15, 0.2) is 41.2 Å². The van der Waals surface area contributed by atoms with Gasteiger partial charge in [-0.1, -0.05) is 0 Å². The number of carbonyl (C=O) groups is 1. The van der Waals surface area contributed by atoms with Gasteiger partial charge in [-0.3, -0.25) is 4.79 Å². The minimum atomic E-state index is -0.337. The highest BCUT2D eigenvalue weighted by atomic mass is 19.1. The first-order chi connectivity index (χ1) is 7.18. The van der Waals surface area contributed by atoms with Crippen LogP contribution in [0.1, 0.15) is 21.5 Å². The lowest BCUT2D eigenvalue weighted by Crippen LogP contribution is -2.02. The van der Waals surface area contributed by atoms with Crippen molar-refractivity contribution in [3.05, 3.63) is 59.3 Å². The first-order valence-corrected chi connectivity index (χ1v) is 4.51. The van der Waals surface area contributed by atoms with Gasteiger partial charge in [0.2, 0.25) is 0 Å². The van der Waals surface area contributed by atoms with Crippen LogP contribution >= 0.6 is 0 Å². The number of benzene rings is 1. The highest BCUT2D eigenvalue weighted by Gasteiger charge is 2.12. The predicted octanol–water partition coefficient (Wildman–Crippen LogP) is 2.96. The van der Waals surface area contributed by atoms with E-state index in [-0.39, 0.29) is 11.6 Å². The number of rotatable bonds is 2. The van der Waals surface area contributed by atoms with Gasteiger partial charge in [-0.25, -0.2) is 4.39 Å². The standard InChI is InChI=1S/C12H9FO2/c1-8-6-10(13)2-3-11(8)12(14)9-4-5-15-7-9/h2-7H,1H3. The molecule has 0 N–H and O–H groups in total. The van der Waals surface area contributed by atoms with Crippen molar-refractivity contribution < 1.29 is 13.6 Å². The van der Waals surface area contributed by atoms with Crippen molar-refractivity contribution in [3.8, 4) is 0 Å². The summed E-state index contributed by atoms with van der Waals surface area (Å²) < 4.78 is 17.6. The molecule has 2 nitrogen and oxygen atoms in total. The molecule has 0 aliphatic carbocycles. The molecule has 76 valence electrons. The van der Waals surface area contributed by atoms with Gasteiger partial charge in [-0.15, -0.1) is 0 Å². The van der Waals surface area contributed by atoms with Crippen molar-refractivity contribution in [2.24, 2.45) is 0 Å². The zero-order valence-corrected chi connectivity index (χ0v) is 8.16. The number of furan rings is 1. The molecule has 1 aromatic heterocycles. The molecule has 0 saturated carbocycles. The average Bonchev–Trinajstić information content (AvgIpc) is 2.69. The number of ketones is 1. The quantitative estimate of drug-likeness (QED) is 0.704. The highest BCUT2D eigenvalue weighted by molar-refractivity contribution is 6.09. The second kappa shape index (κ2) is 3.69. The highest BCUT2D eigenvalue weighted by Crippen LogP contribution is 2.15. The predicted molar refractivity (Wildman–Crippen MR) is 53.3 cm³/mol. The maximum atomic E-state index is 12.8.